The van der Waals surface area contributed by atoms with E-state index in [1.54, 1.807) is 42.5 Å². The Hall–Kier alpha value is -2.42. The van der Waals surface area contributed by atoms with Crippen LogP contribution in [0, 0.1) is 3.57 Å². The first-order valence-electron chi connectivity index (χ1n) is 8.29. The molecule has 0 atom stereocenters. The molecule has 1 N–H and O–H groups in total. The highest BCUT2D eigenvalue weighted by Crippen LogP contribution is 2.23. The van der Waals surface area contributed by atoms with Crippen molar-refractivity contribution in [1.82, 2.24) is 5.43 Å². The average Bonchev–Trinajstić information content (AvgIpc) is 2.68. The van der Waals surface area contributed by atoms with Crippen LogP contribution in [0.5, 0.6) is 5.75 Å². The molecule has 0 saturated heterocycles. The van der Waals surface area contributed by atoms with Crippen LogP contribution in [0.3, 0.4) is 0 Å². The zero-order chi connectivity index (χ0) is 20.8. The van der Waals surface area contributed by atoms with Crippen molar-refractivity contribution in [1.29, 1.82) is 0 Å². The van der Waals surface area contributed by atoms with Crippen LogP contribution in [0.2, 0.25) is 10.0 Å². The number of amides is 1. The minimum atomic E-state index is -0.604. The summed E-state index contributed by atoms with van der Waals surface area (Å²) in [7, 11) is 0. The summed E-state index contributed by atoms with van der Waals surface area (Å²) in [6.07, 6.45) is 1.46. The summed E-state index contributed by atoms with van der Waals surface area (Å²) in [4.78, 5) is 24.5. The van der Waals surface area contributed by atoms with Gasteiger partial charge in [0.2, 0.25) is 0 Å². The summed E-state index contributed by atoms with van der Waals surface area (Å²) in [5.74, 6) is -0.604. The number of hydrogen-bond donors (Lipinski definition) is 1. The van der Waals surface area contributed by atoms with E-state index in [-0.39, 0.29) is 16.5 Å². The van der Waals surface area contributed by atoms with Crippen molar-refractivity contribution in [2.45, 2.75) is 0 Å². The number of rotatable bonds is 5. The molecule has 5 nitrogen and oxygen atoms in total. The molecule has 29 heavy (non-hydrogen) atoms. The number of nitrogens with one attached hydrogen (secondary N) is 1. The number of hydrogen-bond acceptors (Lipinski definition) is 4. The Morgan fingerprint density at radius 1 is 0.966 bits per heavy atom. The fraction of sp³-hybridized carbons (Fsp3) is 0. The highest BCUT2D eigenvalue weighted by Gasteiger charge is 2.13. The summed E-state index contributed by atoms with van der Waals surface area (Å²) < 4.78 is 6.18. The molecule has 0 saturated carbocycles. The molecule has 0 bridgehead atoms. The van der Waals surface area contributed by atoms with E-state index in [0.29, 0.717) is 21.9 Å². The molecule has 3 aromatic carbocycles. The van der Waals surface area contributed by atoms with Gasteiger partial charge in [-0.2, -0.15) is 5.10 Å². The van der Waals surface area contributed by atoms with E-state index < -0.39 is 5.97 Å². The van der Waals surface area contributed by atoms with Crippen LogP contribution in [0.15, 0.2) is 71.8 Å². The summed E-state index contributed by atoms with van der Waals surface area (Å²) in [6.45, 7) is 0. The van der Waals surface area contributed by atoms with E-state index in [1.165, 1.54) is 18.3 Å². The molecule has 0 aromatic heterocycles. The van der Waals surface area contributed by atoms with Gasteiger partial charge in [0.1, 0.15) is 5.75 Å². The second kappa shape index (κ2) is 9.87. The van der Waals surface area contributed by atoms with Crippen LogP contribution >= 0.6 is 45.8 Å². The molecule has 3 rings (SSSR count). The normalized spacial score (nSPS) is 10.7. The number of benzene rings is 3. The van der Waals surface area contributed by atoms with Gasteiger partial charge in [-0.3, -0.25) is 4.79 Å². The van der Waals surface area contributed by atoms with Crippen molar-refractivity contribution in [2.24, 2.45) is 5.10 Å². The van der Waals surface area contributed by atoms with E-state index in [0.717, 1.165) is 3.57 Å². The van der Waals surface area contributed by atoms with Crippen LogP contribution in [-0.2, 0) is 0 Å². The maximum atomic E-state index is 12.3. The van der Waals surface area contributed by atoms with Crippen LogP contribution in [0.25, 0.3) is 0 Å². The lowest BCUT2D eigenvalue weighted by molar-refractivity contribution is 0.0734. The molecule has 0 aliphatic heterocycles. The number of nitrogens with zero attached hydrogens (tertiary/aromatic N) is 1. The molecular weight excluding hydrogens is 526 g/mol. The largest absolute Gasteiger partial charge is 0.423 e. The highest BCUT2D eigenvalue weighted by molar-refractivity contribution is 14.1. The molecule has 3 aromatic rings. The number of carbonyl (C=O) groups excluding carboxylic acids is 2. The summed E-state index contributed by atoms with van der Waals surface area (Å²) in [5.41, 5.74) is 3.86. The van der Waals surface area contributed by atoms with Crippen molar-refractivity contribution in [2.75, 3.05) is 0 Å². The van der Waals surface area contributed by atoms with E-state index in [4.69, 9.17) is 27.9 Å². The Labute approximate surface area is 190 Å². The van der Waals surface area contributed by atoms with E-state index in [1.807, 2.05) is 12.1 Å². The predicted octanol–water partition coefficient (Wildman–Crippen LogP) is 5.58. The first-order valence-corrected chi connectivity index (χ1v) is 10.1. The number of hydrazone groups is 1. The maximum Gasteiger partial charge on any atom is 0.345 e. The van der Waals surface area contributed by atoms with E-state index >= 15 is 0 Å². The fourth-order valence-electron chi connectivity index (χ4n) is 2.35. The van der Waals surface area contributed by atoms with Crippen molar-refractivity contribution < 1.29 is 14.3 Å². The molecule has 146 valence electrons. The van der Waals surface area contributed by atoms with Crippen molar-refractivity contribution in [3.63, 3.8) is 0 Å². The molecular formula is C21H13Cl2IN2O3. The van der Waals surface area contributed by atoms with Gasteiger partial charge in [-0.25, -0.2) is 10.2 Å². The predicted molar refractivity (Wildman–Crippen MR) is 122 cm³/mol. The molecule has 0 fully saturated rings. The summed E-state index contributed by atoms with van der Waals surface area (Å²) >= 11 is 14.0. The lowest BCUT2D eigenvalue weighted by Gasteiger charge is -2.07. The second-order valence-electron chi connectivity index (χ2n) is 5.77. The topological polar surface area (TPSA) is 67.8 Å². The van der Waals surface area contributed by atoms with E-state index in [9.17, 15) is 9.59 Å². The second-order valence-corrected chi connectivity index (χ2v) is 7.77. The van der Waals surface area contributed by atoms with Gasteiger partial charge >= 0.3 is 5.97 Å². The van der Waals surface area contributed by atoms with Gasteiger partial charge in [0.25, 0.3) is 5.91 Å². The minimum absolute atomic E-state index is 0.207. The molecule has 1 amide bonds. The molecule has 8 heteroatoms. The van der Waals surface area contributed by atoms with Gasteiger partial charge < -0.3 is 4.74 Å². The SMILES string of the molecule is O=C(Oc1cccc(C=NNC(=O)c2ccccc2I)c1)c1ccc(Cl)cc1Cl. The first kappa shape index (κ1) is 21.3. The zero-order valence-corrected chi connectivity index (χ0v) is 18.4. The Morgan fingerprint density at radius 2 is 1.76 bits per heavy atom. The van der Waals surface area contributed by atoms with Gasteiger partial charge in [-0.1, -0.05) is 47.5 Å². The van der Waals surface area contributed by atoms with Crippen LogP contribution < -0.4 is 10.2 Å². The van der Waals surface area contributed by atoms with Gasteiger partial charge in [0.15, 0.2) is 0 Å². The Morgan fingerprint density at radius 3 is 2.52 bits per heavy atom. The van der Waals surface area contributed by atoms with Crippen molar-refractivity contribution in [3.8, 4) is 5.75 Å². The summed E-state index contributed by atoms with van der Waals surface area (Å²) in [5, 5.41) is 4.59. The summed E-state index contributed by atoms with van der Waals surface area (Å²) in [6, 6.07) is 18.4. The lowest BCUT2D eigenvalue weighted by Crippen LogP contribution is -2.18. The third-order valence-electron chi connectivity index (χ3n) is 3.72. The van der Waals surface area contributed by atoms with Gasteiger partial charge in [0.05, 0.1) is 22.4 Å². The lowest BCUT2D eigenvalue weighted by atomic mass is 10.2. The number of ether oxygens (including phenoxy) is 1. The van der Waals surface area contributed by atoms with Gasteiger partial charge in [0, 0.05) is 8.59 Å². The Balaban J connectivity index is 1.66. The van der Waals surface area contributed by atoms with Crippen LogP contribution in [-0.4, -0.2) is 18.1 Å². The third kappa shape index (κ3) is 5.79. The average molecular weight is 539 g/mol. The van der Waals surface area contributed by atoms with Crippen LogP contribution in [0.4, 0.5) is 0 Å². The molecule has 0 heterocycles. The van der Waals surface area contributed by atoms with E-state index in [2.05, 4.69) is 33.1 Å². The number of esters is 1. The first-order chi connectivity index (χ1) is 13.9. The monoisotopic (exact) mass is 538 g/mol. The zero-order valence-electron chi connectivity index (χ0n) is 14.7. The minimum Gasteiger partial charge on any atom is -0.423 e. The molecule has 0 radical (unpaired) electrons. The van der Waals surface area contributed by atoms with Gasteiger partial charge in [-0.05, 0) is 70.6 Å². The molecule has 0 aliphatic carbocycles. The smallest absolute Gasteiger partial charge is 0.345 e. The Bertz CT molecular complexity index is 1100. The molecule has 0 aliphatic rings. The van der Waals surface area contributed by atoms with Gasteiger partial charge in [-0.15, -0.1) is 0 Å². The van der Waals surface area contributed by atoms with Crippen LogP contribution in [0.1, 0.15) is 26.3 Å². The standard InChI is InChI=1S/C21H13Cl2IN2O3/c22-14-8-9-16(18(23)11-14)21(28)29-15-5-3-4-13(10-15)12-25-26-20(27)17-6-1-2-7-19(17)24/h1-12H,(H,26,27). The number of carbonyl (C=O) groups is 2. The quantitative estimate of drug-likeness (QED) is 0.151. The maximum absolute atomic E-state index is 12.3. The van der Waals surface area contributed by atoms with Crippen molar-refractivity contribution in [3.05, 3.63) is 97.0 Å². The fourth-order valence-corrected chi connectivity index (χ4v) is 3.46. The Kier molecular flexibility index (Phi) is 7.24. The van der Waals surface area contributed by atoms with Crippen molar-refractivity contribution >= 4 is 63.9 Å². The highest BCUT2D eigenvalue weighted by atomic mass is 127. The number of halogens is 3. The third-order valence-corrected chi connectivity index (χ3v) is 5.21. The molecule has 0 spiro atoms. The molecule has 0 unspecified atom stereocenters.